The van der Waals surface area contributed by atoms with E-state index >= 15 is 0 Å². The molecule has 7 nitrogen and oxygen atoms in total. The minimum Gasteiger partial charge on any atom is -0.495 e. The van der Waals surface area contributed by atoms with Gasteiger partial charge in [0, 0.05) is 18.5 Å². The zero-order valence-electron chi connectivity index (χ0n) is 15.2. The third-order valence-electron chi connectivity index (χ3n) is 3.97. The van der Waals surface area contributed by atoms with Gasteiger partial charge in [-0.15, -0.1) is 0 Å². The maximum absolute atomic E-state index is 12.5. The third-order valence-corrected chi connectivity index (χ3v) is 5.45. The second-order valence-electron chi connectivity index (χ2n) is 6.03. The largest absolute Gasteiger partial charge is 0.495 e. The summed E-state index contributed by atoms with van der Waals surface area (Å²) in [6, 6.07) is 14.6. The molecule has 1 heterocycles. The first-order valence-electron chi connectivity index (χ1n) is 8.52. The van der Waals surface area contributed by atoms with Crippen LogP contribution in [-0.2, 0) is 16.4 Å². The van der Waals surface area contributed by atoms with Crippen LogP contribution in [0.5, 0.6) is 5.75 Å². The highest BCUT2D eigenvalue weighted by Crippen LogP contribution is 2.24. The molecule has 0 saturated heterocycles. The molecule has 0 aliphatic rings. The van der Waals surface area contributed by atoms with Gasteiger partial charge in [-0.2, -0.15) is 4.98 Å². The van der Waals surface area contributed by atoms with E-state index < -0.39 is 10.0 Å². The van der Waals surface area contributed by atoms with Gasteiger partial charge in [0.05, 0.1) is 7.11 Å². The summed E-state index contributed by atoms with van der Waals surface area (Å²) in [5, 5.41) is 3.95. The second-order valence-corrected chi connectivity index (χ2v) is 7.77. The quantitative estimate of drug-likeness (QED) is 0.597. The van der Waals surface area contributed by atoms with Crippen LogP contribution in [0.1, 0.15) is 17.9 Å². The van der Waals surface area contributed by atoms with Crippen LogP contribution in [0.4, 0.5) is 0 Å². The first kappa shape index (κ1) is 19.1. The molecule has 2 aromatic carbocycles. The van der Waals surface area contributed by atoms with E-state index in [1.807, 2.05) is 37.3 Å². The Morgan fingerprint density at radius 1 is 1.15 bits per heavy atom. The highest BCUT2D eigenvalue weighted by Gasteiger charge is 2.19. The van der Waals surface area contributed by atoms with Gasteiger partial charge < -0.3 is 9.26 Å². The van der Waals surface area contributed by atoms with Crippen LogP contribution in [-0.4, -0.2) is 32.2 Å². The number of benzene rings is 2. The molecule has 142 valence electrons. The highest BCUT2D eigenvalue weighted by molar-refractivity contribution is 7.89. The number of aromatic nitrogens is 2. The lowest BCUT2D eigenvalue weighted by molar-refractivity contribution is 0.376. The van der Waals surface area contributed by atoms with Crippen LogP contribution in [0.15, 0.2) is 57.9 Å². The van der Waals surface area contributed by atoms with E-state index in [0.29, 0.717) is 30.3 Å². The molecule has 0 aliphatic carbocycles. The number of aryl methyl sites for hydroxylation is 2. The Labute approximate surface area is 158 Å². The van der Waals surface area contributed by atoms with E-state index in [1.54, 1.807) is 18.2 Å². The number of rotatable bonds is 8. The van der Waals surface area contributed by atoms with E-state index in [4.69, 9.17) is 9.26 Å². The Balaban J connectivity index is 1.57. The average Bonchev–Trinajstić information content (AvgIpc) is 3.15. The van der Waals surface area contributed by atoms with Crippen LogP contribution in [0.3, 0.4) is 0 Å². The van der Waals surface area contributed by atoms with E-state index in [1.165, 1.54) is 7.11 Å². The molecule has 0 aliphatic heterocycles. The van der Waals surface area contributed by atoms with Crippen molar-refractivity contribution in [2.24, 2.45) is 0 Å². The van der Waals surface area contributed by atoms with Crippen LogP contribution >= 0.6 is 0 Å². The fourth-order valence-corrected chi connectivity index (χ4v) is 3.90. The second kappa shape index (κ2) is 8.32. The Morgan fingerprint density at radius 2 is 1.93 bits per heavy atom. The number of sulfonamides is 1. The van der Waals surface area contributed by atoms with Crippen molar-refractivity contribution in [1.29, 1.82) is 0 Å². The molecular formula is C19H21N3O4S. The molecule has 3 aromatic rings. The number of nitrogens with zero attached hydrogens (tertiary/aromatic N) is 2. The maximum Gasteiger partial charge on any atom is 0.244 e. The summed E-state index contributed by atoms with van der Waals surface area (Å²) in [6.45, 7) is 2.08. The number of ether oxygens (including phenoxy) is 1. The molecule has 1 aromatic heterocycles. The molecule has 0 spiro atoms. The number of hydrogen-bond donors (Lipinski definition) is 1. The summed E-state index contributed by atoms with van der Waals surface area (Å²) in [7, 11) is -2.21. The summed E-state index contributed by atoms with van der Waals surface area (Å²) >= 11 is 0. The summed E-state index contributed by atoms with van der Waals surface area (Å²) in [6.07, 6.45) is 1.01. The Kier molecular flexibility index (Phi) is 5.88. The van der Waals surface area contributed by atoms with Gasteiger partial charge in [0.25, 0.3) is 0 Å². The van der Waals surface area contributed by atoms with Crippen molar-refractivity contribution in [3.8, 4) is 17.1 Å². The van der Waals surface area contributed by atoms with Crippen molar-refractivity contribution in [3.05, 3.63) is 60.0 Å². The van der Waals surface area contributed by atoms with Crippen LogP contribution < -0.4 is 9.46 Å². The van der Waals surface area contributed by atoms with E-state index in [2.05, 4.69) is 14.9 Å². The predicted molar refractivity (Wildman–Crippen MR) is 101 cm³/mol. The van der Waals surface area contributed by atoms with Gasteiger partial charge >= 0.3 is 0 Å². The molecule has 0 unspecified atom stereocenters. The predicted octanol–water partition coefficient (Wildman–Crippen LogP) is 2.96. The molecule has 0 saturated carbocycles. The first-order valence-corrected chi connectivity index (χ1v) is 10.0. The minimum absolute atomic E-state index is 0.133. The SMILES string of the molecule is COc1ccc(C)cc1S(=O)(=O)NCCCc1nc(-c2ccccc2)no1. The van der Waals surface area contributed by atoms with Crippen molar-refractivity contribution in [2.45, 2.75) is 24.7 Å². The van der Waals surface area contributed by atoms with E-state index in [-0.39, 0.29) is 11.4 Å². The van der Waals surface area contributed by atoms with Crippen molar-refractivity contribution in [2.75, 3.05) is 13.7 Å². The lowest BCUT2D eigenvalue weighted by Crippen LogP contribution is -2.25. The Bertz CT molecular complexity index is 1000. The monoisotopic (exact) mass is 387 g/mol. The summed E-state index contributed by atoms with van der Waals surface area (Å²) in [4.78, 5) is 4.47. The Hall–Kier alpha value is -2.71. The fraction of sp³-hybridized carbons (Fsp3) is 0.263. The van der Waals surface area contributed by atoms with E-state index in [9.17, 15) is 8.42 Å². The van der Waals surface area contributed by atoms with Crippen LogP contribution in [0.25, 0.3) is 11.4 Å². The zero-order valence-corrected chi connectivity index (χ0v) is 16.0. The van der Waals surface area contributed by atoms with Crippen molar-refractivity contribution < 1.29 is 17.7 Å². The van der Waals surface area contributed by atoms with Crippen molar-refractivity contribution in [1.82, 2.24) is 14.9 Å². The first-order chi connectivity index (χ1) is 13.0. The molecule has 0 bridgehead atoms. The zero-order chi connectivity index (χ0) is 19.3. The maximum atomic E-state index is 12.5. The normalized spacial score (nSPS) is 11.5. The van der Waals surface area contributed by atoms with E-state index in [0.717, 1.165) is 11.1 Å². The fourth-order valence-electron chi connectivity index (χ4n) is 2.58. The number of hydrogen-bond acceptors (Lipinski definition) is 6. The number of nitrogens with one attached hydrogen (secondary N) is 1. The lowest BCUT2D eigenvalue weighted by Gasteiger charge is -2.11. The van der Waals surface area contributed by atoms with Gasteiger partial charge in [-0.25, -0.2) is 13.1 Å². The molecule has 27 heavy (non-hydrogen) atoms. The van der Waals surface area contributed by atoms with Gasteiger partial charge in [0.1, 0.15) is 10.6 Å². The molecule has 1 N–H and O–H groups in total. The molecule has 0 fully saturated rings. The molecule has 0 atom stereocenters. The summed E-state index contributed by atoms with van der Waals surface area (Å²) in [5.74, 6) is 1.31. The summed E-state index contributed by atoms with van der Waals surface area (Å²) < 4.78 is 38.0. The molecule has 8 heteroatoms. The lowest BCUT2D eigenvalue weighted by atomic mass is 10.2. The molecule has 0 amide bonds. The average molecular weight is 387 g/mol. The molecule has 0 radical (unpaired) electrons. The van der Waals surface area contributed by atoms with Gasteiger partial charge in [0.2, 0.25) is 21.7 Å². The third kappa shape index (κ3) is 4.72. The van der Waals surface area contributed by atoms with Crippen molar-refractivity contribution in [3.63, 3.8) is 0 Å². The highest BCUT2D eigenvalue weighted by atomic mass is 32.2. The van der Waals surface area contributed by atoms with Gasteiger partial charge in [-0.3, -0.25) is 0 Å². The van der Waals surface area contributed by atoms with Gasteiger partial charge in [-0.05, 0) is 31.0 Å². The van der Waals surface area contributed by atoms with Crippen molar-refractivity contribution >= 4 is 10.0 Å². The summed E-state index contributed by atoms with van der Waals surface area (Å²) in [5.41, 5.74) is 1.72. The topological polar surface area (TPSA) is 94.3 Å². The van der Waals surface area contributed by atoms with Crippen LogP contribution in [0.2, 0.25) is 0 Å². The Morgan fingerprint density at radius 3 is 2.67 bits per heavy atom. The smallest absolute Gasteiger partial charge is 0.244 e. The number of methoxy groups -OCH3 is 1. The molecule has 3 rings (SSSR count). The van der Waals surface area contributed by atoms with Gasteiger partial charge in [0.15, 0.2) is 0 Å². The minimum atomic E-state index is -3.66. The standard InChI is InChI=1S/C19H21N3O4S/c1-14-10-11-16(25-2)17(13-14)27(23,24)20-12-6-9-18-21-19(22-26-18)15-7-4-3-5-8-15/h3-5,7-8,10-11,13,20H,6,9,12H2,1-2H3. The van der Waals surface area contributed by atoms with Crippen LogP contribution in [0, 0.1) is 6.92 Å². The molecular weight excluding hydrogens is 366 g/mol. The van der Waals surface area contributed by atoms with Gasteiger partial charge in [-0.1, -0.05) is 41.6 Å².